The number of fused-ring (bicyclic) bond motifs is 5. The van der Waals surface area contributed by atoms with Gasteiger partial charge in [-0.15, -0.1) is 0 Å². The summed E-state index contributed by atoms with van der Waals surface area (Å²) < 4.78 is 8.43. The van der Waals surface area contributed by atoms with Gasteiger partial charge in [0.05, 0.1) is 11.2 Å². The summed E-state index contributed by atoms with van der Waals surface area (Å²) >= 11 is 0. The summed E-state index contributed by atoms with van der Waals surface area (Å²) in [6.45, 7) is 1.90. The molecule has 0 fully saturated rings. The van der Waals surface area contributed by atoms with Gasteiger partial charge < -0.3 is 9.83 Å². The average Bonchev–Trinajstić information content (AvgIpc) is 3.46. The molecule has 5 nitrogen and oxygen atoms in total. The molecule has 7 rings (SSSR count). The number of aromatic nitrogens is 3. The fourth-order valence-corrected chi connectivity index (χ4v) is 5.57. The lowest BCUT2D eigenvalue weighted by atomic mass is 9.83. The third-order valence-electron chi connectivity index (χ3n) is 7.24. The standard InChI is InChI=1S/C30H24N4O/c1-18(31)21-13-7-11-20-17-24-23-12-5-6-15-25(23)34(29(24)32-27(20)21)30-33-28-22(14-8-16-26(28)35-30)19-9-3-2-4-10-19/h2-6,8-10,12,14-17,21,31H,7,11,13H2,1H3. The number of para-hydroxylation sites is 2. The highest BCUT2D eigenvalue weighted by atomic mass is 16.4. The molecule has 0 saturated carbocycles. The minimum atomic E-state index is 0.0722. The summed E-state index contributed by atoms with van der Waals surface area (Å²) in [6.07, 6.45) is 3.07. The summed E-state index contributed by atoms with van der Waals surface area (Å²) in [5.41, 5.74) is 8.56. The smallest absolute Gasteiger partial charge is 0.309 e. The van der Waals surface area contributed by atoms with E-state index >= 15 is 0 Å². The molecule has 1 unspecified atom stereocenters. The van der Waals surface area contributed by atoms with Gasteiger partial charge in [-0.25, -0.2) is 9.55 Å². The number of hydrogen-bond donors (Lipinski definition) is 1. The van der Waals surface area contributed by atoms with Crippen molar-refractivity contribution < 1.29 is 4.42 Å². The van der Waals surface area contributed by atoms with E-state index in [1.807, 2.05) is 47.9 Å². The van der Waals surface area contributed by atoms with E-state index in [1.165, 1.54) is 5.56 Å². The SMILES string of the molecule is CC(=N)C1CCCc2cc3c4ccccc4n(-c4nc5c(-c6ccccc6)cccc5o4)c3nc21. The first-order valence-electron chi connectivity index (χ1n) is 12.1. The molecule has 0 radical (unpaired) electrons. The topological polar surface area (TPSA) is 67.7 Å². The molecule has 1 atom stereocenters. The summed E-state index contributed by atoms with van der Waals surface area (Å²) in [5.74, 6) is 0.0722. The van der Waals surface area contributed by atoms with Gasteiger partial charge in [-0.3, -0.25) is 0 Å². The van der Waals surface area contributed by atoms with Crippen molar-refractivity contribution in [2.24, 2.45) is 0 Å². The highest BCUT2D eigenvalue weighted by Crippen LogP contribution is 2.38. The maximum atomic E-state index is 8.35. The number of aryl methyl sites for hydroxylation is 1. The zero-order chi connectivity index (χ0) is 23.5. The third kappa shape index (κ3) is 3.04. The predicted molar refractivity (Wildman–Crippen MR) is 141 cm³/mol. The van der Waals surface area contributed by atoms with Crippen LogP contribution in [0.3, 0.4) is 0 Å². The summed E-state index contributed by atoms with van der Waals surface area (Å²) in [6, 6.07) is 27.5. The molecule has 0 amide bonds. The first-order chi connectivity index (χ1) is 17.2. The lowest BCUT2D eigenvalue weighted by Gasteiger charge is -2.24. The minimum absolute atomic E-state index is 0.0722. The van der Waals surface area contributed by atoms with Crippen LogP contribution in [0.15, 0.2) is 83.3 Å². The Hall–Kier alpha value is -4.25. The number of rotatable bonds is 3. The van der Waals surface area contributed by atoms with Crippen LogP contribution in [0.5, 0.6) is 0 Å². The van der Waals surface area contributed by atoms with E-state index in [1.54, 1.807) is 0 Å². The third-order valence-corrected chi connectivity index (χ3v) is 7.24. The predicted octanol–water partition coefficient (Wildman–Crippen LogP) is 7.45. The van der Waals surface area contributed by atoms with Gasteiger partial charge in [-0.2, -0.15) is 4.98 Å². The van der Waals surface area contributed by atoms with Crippen LogP contribution in [0.4, 0.5) is 0 Å². The molecule has 1 aliphatic rings. The van der Waals surface area contributed by atoms with E-state index in [2.05, 4.69) is 42.5 Å². The number of nitrogens with zero attached hydrogens (tertiary/aromatic N) is 3. The van der Waals surface area contributed by atoms with Gasteiger partial charge in [0.25, 0.3) is 0 Å². The molecule has 3 aromatic heterocycles. The van der Waals surface area contributed by atoms with Gasteiger partial charge in [0.15, 0.2) is 5.58 Å². The van der Waals surface area contributed by atoms with Crippen LogP contribution < -0.4 is 0 Å². The Balaban J connectivity index is 1.53. The molecule has 170 valence electrons. The Morgan fingerprint density at radius 2 is 1.77 bits per heavy atom. The Bertz CT molecular complexity index is 1760. The van der Waals surface area contributed by atoms with Crippen LogP contribution >= 0.6 is 0 Å². The van der Waals surface area contributed by atoms with Crippen molar-refractivity contribution in [1.29, 1.82) is 5.41 Å². The Morgan fingerprint density at radius 3 is 2.63 bits per heavy atom. The zero-order valence-corrected chi connectivity index (χ0v) is 19.5. The van der Waals surface area contributed by atoms with Gasteiger partial charge in [0.1, 0.15) is 11.2 Å². The van der Waals surface area contributed by atoms with Crippen LogP contribution in [0.1, 0.15) is 36.9 Å². The number of oxazole rings is 1. The van der Waals surface area contributed by atoms with Gasteiger partial charge in [0, 0.05) is 28.0 Å². The summed E-state index contributed by atoms with van der Waals surface area (Å²) in [4.78, 5) is 10.2. The van der Waals surface area contributed by atoms with Gasteiger partial charge >= 0.3 is 6.01 Å². The van der Waals surface area contributed by atoms with Gasteiger partial charge in [-0.1, -0.05) is 60.7 Å². The molecule has 0 saturated heterocycles. The molecule has 6 aromatic rings. The normalized spacial score (nSPS) is 15.6. The van der Waals surface area contributed by atoms with E-state index in [4.69, 9.17) is 19.8 Å². The van der Waals surface area contributed by atoms with Crippen molar-refractivity contribution in [2.45, 2.75) is 32.1 Å². The van der Waals surface area contributed by atoms with Gasteiger partial charge in [0.2, 0.25) is 0 Å². The number of hydrogen-bond acceptors (Lipinski definition) is 4. The van der Waals surface area contributed by atoms with Gasteiger partial charge in [-0.05, 0) is 55.5 Å². The molecule has 0 bridgehead atoms. The highest BCUT2D eigenvalue weighted by molar-refractivity contribution is 6.08. The molecular weight excluding hydrogens is 432 g/mol. The number of pyridine rings is 1. The second-order valence-corrected chi connectivity index (χ2v) is 9.40. The Morgan fingerprint density at radius 1 is 0.943 bits per heavy atom. The maximum Gasteiger partial charge on any atom is 0.309 e. The lowest BCUT2D eigenvalue weighted by Crippen LogP contribution is -2.18. The van der Waals surface area contributed by atoms with Crippen LogP contribution in [-0.4, -0.2) is 20.2 Å². The van der Waals surface area contributed by atoms with E-state index in [0.717, 1.165) is 69.1 Å². The molecule has 0 aliphatic heterocycles. The fraction of sp³-hybridized carbons (Fsp3) is 0.167. The number of benzene rings is 3. The molecule has 3 aromatic carbocycles. The first kappa shape index (κ1) is 20.2. The van der Waals surface area contributed by atoms with Crippen LogP contribution in [-0.2, 0) is 6.42 Å². The largest absolute Gasteiger partial charge is 0.423 e. The van der Waals surface area contributed by atoms with Crippen molar-refractivity contribution in [2.75, 3.05) is 0 Å². The first-order valence-corrected chi connectivity index (χ1v) is 12.1. The molecule has 0 spiro atoms. The van der Waals surface area contributed by atoms with Crippen LogP contribution in [0, 0.1) is 5.41 Å². The summed E-state index contributed by atoms with van der Waals surface area (Å²) in [7, 11) is 0. The van der Waals surface area contributed by atoms with Crippen molar-refractivity contribution in [3.8, 4) is 17.1 Å². The zero-order valence-electron chi connectivity index (χ0n) is 19.5. The summed E-state index contributed by atoms with van der Waals surface area (Å²) in [5, 5.41) is 10.6. The van der Waals surface area contributed by atoms with Crippen LogP contribution in [0.25, 0.3) is 50.2 Å². The molecule has 35 heavy (non-hydrogen) atoms. The highest BCUT2D eigenvalue weighted by Gasteiger charge is 2.27. The lowest BCUT2D eigenvalue weighted by molar-refractivity contribution is 0.572. The van der Waals surface area contributed by atoms with Crippen molar-refractivity contribution in [1.82, 2.24) is 14.5 Å². The van der Waals surface area contributed by atoms with Crippen molar-refractivity contribution in [3.63, 3.8) is 0 Å². The molecule has 1 aliphatic carbocycles. The quantitative estimate of drug-likeness (QED) is 0.281. The molecular formula is C30H24N4O. The van der Waals surface area contributed by atoms with Crippen molar-refractivity contribution in [3.05, 3.63) is 90.1 Å². The van der Waals surface area contributed by atoms with E-state index < -0.39 is 0 Å². The minimum Gasteiger partial charge on any atom is -0.423 e. The Labute approximate surface area is 202 Å². The molecule has 1 N–H and O–H groups in total. The second kappa shape index (κ2) is 7.64. The van der Waals surface area contributed by atoms with Crippen molar-refractivity contribution >= 4 is 38.7 Å². The average molecular weight is 457 g/mol. The van der Waals surface area contributed by atoms with Crippen LogP contribution in [0.2, 0.25) is 0 Å². The molecule has 5 heteroatoms. The fourth-order valence-electron chi connectivity index (χ4n) is 5.57. The van der Waals surface area contributed by atoms with E-state index in [-0.39, 0.29) is 5.92 Å². The van der Waals surface area contributed by atoms with E-state index in [0.29, 0.717) is 11.7 Å². The number of nitrogens with one attached hydrogen (secondary N) is 1. The van der Waals surface area contributed by atoms with E-state index in [9.17, 15) is 0 Å². The molecule has 3 heterocycles. The maximum absolute atomic E-state index is 8.35. The monoisotopic (exact) mass is 456 g/mol. The Kier molecular flexibility index (Phi) is 4.40. The second-order valence-electron chi connectivity index (χ2n) is 9.40.